The molecule has 0 unspecified atom stereocenters. The van der Waals surface area contributed by atoms with Crippen LogP contribution in [0.1, 0.15) is 26.7 Å². The Hall–Kier alpha value is -2.15. The molecule has 128 valence electrons. The number of ether oxygens (including phenoxy) is 1. The zero-order chi connectivity index (χ0) is 17.7. The number of methoxy groups -OCH3 is 1. The lowest BCUT2D eigenvalue weighted by Gasteiger charge is -2.13. The largest absolute Gasteiger partial charge is 0.469 e. The van der Waals surface area contributed by atoms with Crippen molar-refractivity contribution in [2.75, 3.05) is 12.5 Å². The molecule has 0 aliphatic rings. The van der Waals surface area contributed by atoms with Crippen LogP contribution >= 0.6 is 15.9 Å². The van der Waals surface area contributed by atoms with Crippen LogP contribution in [0.25, 0.3) is 10.9 Å². The van der Waals surface area contributed by atoms with E-state index in [1.807, 2.05) is 32.0 Å². The number of hydrogen-bond donors (Lipinski definition) is 1. The molecular formula is C17H20BrN3O3. The fourth-order valence-corrected chi connectivity index (χ4v) is 2.70. The van der Waals surface area contributed by atoms with E-state index in [-0.39, 0.29) is 17.9 Å². The number of aromatic nitrogens is 1. The molecule has 1 aromatic carbocycles. The molecule has 2 aromatic rings. The Morgan fingerprint density at radius 1 is 1.33 bits per heavy atom. The molecule has 0 saturated heterocycles. The minimum absolute atomic E-state index is 0.138. The van der Waals surface area contributed by atoms with Crippen molar-refractivity contribution in [2.45, 2.75) is 33.2 Å². The van der Waals surface area contributed by atoms with Gasteiger partial charge in [0.15, 0.2) is 0 Å². The second kappa shape index (κ2) is 8.10. The molecule has 0 aliphatic heterocycles. The van der Waals surface area contributed by atoms with Gasteiger partial charge in [-0.3, -0.25) is 15.0 Å². The van der Waals surface area contributed by atoms with E-state index < -0.39 is 0 Å². The van der Waals surface area contributed by atoms with E-state index >= 15 is 0 Å². The Morgan fingerprint density at radius 2 is 2.08 bits per heavy atom. The zero-order valence-corrected chi connectivity index (χ0v) is 15.5. The molecular weight excluding hydrogens is 374 g/mol. The van der Waals surface area contributed by atoms with Gasteiger partial charge in [0, 0.05) is 34.6 Å². The van der Waals surface area contributed by atoms with Crippen molar-refractivity contribution >= 4 is 44.2 Å². The topological polar surface area (TPSA) is 72.7 Å². The highest BCUT2D eigenvalue weighted by Crippen LogP contribution is 2.25. The van der Waals surface area contributed by atoms with Crippen LogP contribution in [0.15, 0.2) is 38.6 Å². The molecule has 0 bridgehead atoms. The Morgan fingerprint density at radius 3 is 2.75 bits per heavy atom. The number of carbonyl (C=O) groups is 1. The van der Waals surface area contributed by atoms with E-state index in [1.54, 1.807) is 4.57 Å². The van der Waals surface area contributed by atoms with Crippen LogP contribution < -0.4 is 11.0 Å². The van der Waals surface area contributed by atoms with E-state index in [9.17, 15) is 9.59 Å². The first-order valence-electron chi connectivity index (χ1n) is 7.59. The molecule has 0 amide bonds. The molecule has 0 spiro atoms. The molecule has 24 heavy (non-hydrogen) atoms. The van der Waals surface area contributed by atoms with Gasteiger partial charge in [0.25, 0.3) is 5.56 Å². The normalized spacial score (nSPS) is 10.5. The lowest BCUT2D eigenvalue weighted by atomic mass is 10.1. The standard InChI is InChI=1S/C17H20BrN3O3/c1-11(2)19-20-14-10-16(22)21(8-4-5-17(23)24-3)15-7-6-12(18)9-13(14)15/h6-7,9-10,20H,4-5,8H2,1-3H3. The highest BCUT2D eigenvalue weighted by atomic mass is 79.9. The number of hydrazone groups is 1. The fourth-order valence-electron chi connectivity index (χ4n) is 2.34. The molecule has 2 rings (SSSR count). The van der Waals surface area contributed by atoms with Crippen molar-refractivity contribution in [3.63, 3.8) is 0 Å². The number of esters is 1. The summed E-state index contributed by atoms with van der Waals surface area (Å²) in [4.78, 5) is 23.7. The molecule has 0 fully saturated rings. The van der Waals surface area contributed by atoms with Gasteiger partial charge in [-0.25, -0.2) is 0 Å². The summed E-state index contributed by atoms with van der Waals surface area (Å²) in [6.45, 7) is 4.20. The first-order valence-corrected chi connectivity index (χ1v) is 8.38. The number of halogens is 1. The first kappa shape index (κ1) is 18.2. The second-order valence-electron chi connectivity index (χ2n) is 5.56. The SMILES string of the molecule is COC(=O)CCCn1c(=O)cc(NN=C(C)C)c2cc(Br)ccc21. The van der Waals surface area contributed by atoms with Gasteiger partial charge < -0.3 is 9.30 Å². The highest BCUT2D eigenvalue weighted by Gasteiger charge is 2.10. The predicted octanol–water partition coefficient (Wildman–Crippen LogP) is 3.52. The van der Waals surface area contributed by atoms with Gasteiger partial charge in [0.05, 0.1) is 18.3 Å². The summed E-state index contributed by atoms with van der Waals surface area (Å²) >= 11 is 3.46. The number of aryl methyl sites for hydroxylation is 1. The molecule has 1 aromatic heterocycles. The molecule has 0 atom stereocenters. The van der Waals surface area contributed by atoms with Gasteiger partial charge in [0.1, 0.15) is 0 Å². The summed E-state index contributed by atoms with van der Waals surface area (Å²) in [7, 11) is 1.36. The van der Waals surface area contributed by atoms with Crippen LogP contribution in [0, 0.1) is 0 Å². The number of anilines is 1. The summed E-state index contributed by atoms with van der Waals surface area (Å²) in [6.07, 6.45) is 0.816. The van der Waals surface area contributed by atoms with E-state index in [0.717, 1.165) is 21.1 Å². The highest BCUT2D eigenvalue weighted by molar-refractivity contribution is 9.10. The maximum Gasteiger partial charge on any atom is 0.305 e. The molecule has 6 nitrogen and oxygen atoms in total. The van der Waals surface area contributed by atoms with Crippen LogP contribution in [0.2, 0.25) is 0 Å². The number of benzene rings is 1. The zero-order valence-electron chi connectivity index (χ0n) is 13.9. The molecule has 7 heteroatoms. The monoisotopic (exact) mass is 393 g/mol. The third-order valence-corrected chi connectivity index (χ3v) is 3.96. The van der Waals surface area contributed by atoms with Gasteiger partial charge in [-0.2, -0.15) is 5.10 Å². The van der Waals surface area contributed by atoms with Crippen LogP contribution in [0.3, 0.4) is 0 Å². The van der Waals surface area contributed by atoms with Crippen LogP contribution in [-0.2, 0) is 16.1 Å². The van der Waals surface area contributed by atoms with Gasteiger partial charge in [-0.05, 0) is 38.5 Å². The predicted molar refractivity (Wildman–Crippen MR) is 99.6 cm³/mol. The Bertz CT molecular complexity index is 839. The third-order valence-electron chi connectivity index (χ3n) is 3.46. The molecule has 0 saturated carbocycles. The maximum absolute atomic E-state index is 12.5. The quantitative estimate of drug-likeness (QED) is 0.462. The van der Waals surface area contributed by atoms with Crippen LogP contribution in [0.4, 0.5) is 5.69 Å². The minimum atomic E-state index is -0.277. The van der Waals surface area contributed by atoms with Gasteiger partial charge in [0.2, 0.25) is 0 Å². The lowest BCUT2D eigenvalue weighted by Crippen LogP contribution is -2.21. The second-order valence-corrected chi connectivity index (χ2v) is 6.48. The van der Waals surface area contributed by atoms with E-state index in [1.165, 1.54) is 13.2 Å². The summed E-state index contributed by atoms with van der Waals surface area (Å²) in [6, 6.07) is 7.23. The fraction of sp³-hybridized carbons (Fsp3) is 0.353. The average Bonchev–Trinajstić information content (AvgIpc) is 2.54. The van der Waals surface area contributed by atoms with Crippen molar-refractivity contribution in [1.29, 1.82) is 0 Å². The van der Waals surface area contributed by atoms with Crippen LogP contribution in [0.5, 0.6) is 0 Å². The number of pyridine rings is 1. The number of rotatable bonds is 6. The van der Waals surface area contributed by atoms with Gasteiger partial charge >= 0.3 is 5.97 Å². The van der Waals surface area contributed by atoms with Crippen molar-refractivity contribution in [3.05, 3.63) is 39.1 Å². The first-order chi connectivity index (χ1) is 11.4. The van der Waals surface area contributed by atoms with Gasteiger partial charge in [-0.15, -0.1) is 0 Å². The number of carbonyl (C=O) groups excluding carboxylic acids is 1. The van der Waals surface area contributed by atoms with E-state index in [0.29, 0.717) is 18.7 Å². The summed E-state index contributed by atoms with van der Waals surface area (Å²) < 4.78 is 7.21. The van der Waals surface area contributed by atoms with Crippen molar-refractivity contribution in [3.8, 4) is 0 Å². The third kappa shape index (κ3) is 4.44. The lowest BCUT2D eigenvalue weighted by molar-refractivity contribution is -0.140. The molecule has 1 heterocycles. The molecule has 0 aliphatic carbocycles. The number of nitrogens with zero attached hydrogens (tertiary/aromatic N) is 2. The van der Waals surface area contributed by atoms with Gasteiger partial charge in [-0.1, -0.05) is 15.9 Å². The minimum Gasteiger partial charge on any atom is -0.469 e. The summed E-state index contributed by atoms with van der Waals surface area (Å²) in [5.41, 5.74) is 5.12. The van der Waals surface area contributed by atoms with E-state index in [4.69, 9.17) is 0 Å². The van der Waals surface area contributed by atoms with Crippen molar-refractivity contribution < 1.29 is 9.53 Å². The number of hydrogen-bond acceptors (Lipinski definition) is 5. The maximum atomic E-state index is 12.5. The Labute approximate surface area is 148 Å². The molecule has 1 N–H and O–H groups in total. The van der Waals surface area contributed by atoms with Crippen molar-refractivity contribution in [1.82, 2.24) is 4.57 Å². The average molecular weight is 394 g/mol. The summed E-state index contributed by atoms with van der Waals surface area (Å²) in [5, 5.41) is 5.07. The Balaban J connectivity index is 2.44. The number of nitrogens with one attached hydrogen (secondary N) is 1. The van der Waals surface area contributed by atoms with E-state index in [2.05, 4.69) is 31.2 Å². The molecule has 0 radical (unpaired) electrons. The summed E-state index contributed by atoms with van der Waals surface area (Å²) in [5.74, 6) is -0.277. The smallest absolute Gasteiger partial charge is 0.305 e. The van der Waals surface area contributed by atoms with Crippen LogP contribution in [-0.4, -0.2) is 23.4 Å². The van der Waals surface area contributed by atoms with Crippen molar-refractivity contribution in [2.24, 2.45) is 5.10 Å². The number of fused-ring (bicyclic) bond motifs is 1. The Kier molecular flexibility index (Phi) is 6.14.